The van der Waals surface area contributed by atoms with E-state index in [0.717, 1.165) is 31.9 Å². The molecule has 0 radical (unpaired) electrons. The highest BCUT2D eigenvalue weighted by atomic mass is 32.1. The van der Waals surface area contributed by atoms with Crippen molar-refractivity contribution in [3.8, 4) is 10.6 Å². The zero-order chi connectivity index (χ0) is 17.8. The summed E-state index contributed by atoms with van der Waals surface area (Å²) in [4.78, 5) is 21.8. The van der Waals surface area contributed by atoms with E-state index >= 15 is 0 Å². The topological polar surface area (TPSA) is 66.9 Å². The Kier molecular flexibility index (Phi) is 4.57. The summed E-state index contributed by atoms with van der Waals surface area (Å²) in [5.41, 5.74) is 1.84. The van der Waals surface area contributed by atoms with Gasteiger partial charge in [0.25, 0.3) is 0 Å². The van der Waals surface area contributed by atoms with Gasteiger partial charge in [0, 0.05) is 39.8 Å². The minimum absolute atomic E-state index is 0.246. The molecule has 128 valence electrons. The van der Waals surface area contributed by atoms with Crippen molar-refractivity contribution in [2.45, 2.75) is 6.54 Å². The number of nitrogens with one attached hydrogen (secondary N) is 2. The van der Waals surface area contributed by atoms with Crippen LogP contribution in [0.15, 0.2) is 73.2 Å². The van der Waals surface area contributed by atoms with E-state index in [-0.39, 0.29) is 6.03 Å². The van der Waals surface area contributed by atoms with Crippen molar-refractivity contribution in [2.24, 2.45) is 0 Å². The fraction of sp³-hybridized carbons (Fsp3) is 0.0500. The number of rotatable bonds is 4. The van der Waals surface area contributed by atoms with Gasteiger partial charge < -0.3 is 10.6 Å². The minimum Gasteiger partial charge on any atom is -0.333 e. The standard InChI is InChI=1S/C20H16N4OS/c25-20(24-18-8-4-7-15-11-21-10-9-17(15)18)23-13-16-12-22-19(26-16)14-5-2-1-3-6-14/h1-12H,13H2,(H2,23,24,25). The first-order valence-electron chi connectivity index (χ1n) is 8.17. The Morgan fingerprint density at radius 3 is 2.77 bits per heavy atom. The third-order valence-corrected chi connectivity index (χ3v) is 4.97. The van der Waals surface area contributed by atoms with Crippen LogP contribution in [0.1, 0.15) is 4.88 Å². The van der Waals surface area contributed by atoms with E-state index in [9.17, 15) is 4.79 Å². The zero-order valence-electron chi connectivity index (χ0n) is 13.8. The maximum absolute atomic E-state index is 12.3. The van der Waals surface area contributed by atoms with Crippen molar-refractivity contribution in [3.05, 3.63) is 78.1 Å². The van der Waals surface area contributed by atoms with Gasteiger partial charge in [-0.25, -0.2) is 9.78 Å². The molecule has 4 rings (SSSR count). The number of amides is 2. The van der Waals surface area contributed by atoms with Gasteiger partial charge in [-0.2, -0.15) is 0 Å². The number of carbonyl (C=O) groups excluding carboxylic acids is 1. The monoisotopic (exact) mass is 360 g/mol. The number of nitrogens with zero attached hydrogens (tertiary/aromatic N) is 2. The second-order valence-corrected chi connectivity index (χ2v) is 6.82. The molecule has 0 bridgehead atoms. The van der Waals surface area contributed by atoms with Gasteiger partial charge >= 0.3 is 6.03 Å². The average molecular weight is 360 g/mol. The smallest absolute Gasteiger partial charge is 0.319 e. The summed E-state index contributed by atoms with van der Waals surface area (Å²) in [6.07, 6.45) is 5.30. The molecule has 2 heterocycles. The number of pyridine rings is 1. The Hall–Kier alpha value is -3.25. The summed E-state index contributed by atoms with van der Waals surface area (Å²) in [6, 6.07) is 17.4. The van der Waals surface area contributed by atoms with Crippen LogP contribution in [0.25, 0.3) is 21.3 Å². The third-order valence-electron chi connectivity index (χ3n) is 3.93. The summed E-state index contributed by atoms with van der Waals surface area (Å²) in [6.45, 7) is 0.433. The molecule has 0 atom stereocenters. The van der Waals surface area contributed by atoms with Crippen LogP contribution in [0.2, 0.25) is 0 Å². The van der Waals surface area contributed by atoms with Crippen LogP contribution in [-0.4, -0.2) is 16.0 Å². The van der Waals surface area contributed by atoms with Crippen molar-refractivity contribution >= 4 is 33.8 Å². The Morgan fingerprint density at radius 2 is 1.88 bits per heavy atom. The molecule has 5 nitrogen and oxygen atoms in total. The molecule has 0 aliphatic carbocycles. The first-order chi connectivity index (χ1) is 12.8. The lowest BCUT2D eigenvalue weighted by atomic mass is 10.1. The number of hydrogen-bond acceptors (Lipinski definition) is 4. The van der Waals surface area contributed by atoms with Crippen LogP contribution in [0, 0.1) is 0 Å². The lowest BCUT2D eigenvalue weighted by molar-refractivity contribution is 0.252. The van der Waals surface area contributed by atoms with E-state index in [1.807, 2.05) is 54.6 Å². The van der Waals surface area contributed by atoms with Gasteiger partial charge in [-0.3, -0.25) is 4.98 Å². The van der Waals surface area contributed by atoms with Crippen molar-refractivity contribution in [1.29, 1.82) is 0 Å². The number of carbonyl (C=O) groups is 1. The Morgan fingerprint density at radius 1 is 1.00 bits per heavy atom. The number of hydrogen-bond donors (Lipinski definition) is 2. The van der Waals surface area contributed by atoms with Gasteiger partial charge in [0.1, 0.15) is 5.01 Å². The molecule has 6 heteroatoms. The molecule has 2 aromatic heterocycles. The largest absolute Gasteiger partial charge is 0.333 e. The zero-order valence-corrected chi connectivity index (χ0v) is 14.7. The lowest BCUT2D eigenvalue weighted by Crippen LogP contribution is -2.27. The normalized spacial score (nSPS) is 10.6. The predicted octanol–water partition coefficient (Wildman–Crippen LogP) is 4.68. The number of anilines is 1. The van der Waals surface area contributed by atoms with Crippen LogP contribution < -0.4 is 10.6 Å². The summed E-state index contributed by atoms with van der Waals surface area (Å²) < 4.78 is 0. The number of aromatic nitrogens is 2. The molecular formula is C20H16N4OS. The van der Waals surface area contributed by atoms with Crippen LogP contribution in [0.3, 0.4) is 0 Å². The molecule has 0 aliphatic rings. The van der Waals surface area contributed by atoms with Crippen LogP contribution in [-0.2, 0) is 6.54 Å². The number of benzene rings is 2. The van der Waals surface area contributed by atoms with Gasteiger partial charge in [0.2, 0.25) is 0 Å². The Bertz CT molecular complexity index is 1040. The van der Waals surface area contributed by atoms with Crippen molar-refractivity contribution in [2.75, 3.05) is 5.32 Å². The number of fused-ring (bicyclic) bond motifs is 1. The molecule has 26 heavy (non-hydrogen) atoms. The van der Waals surface area contributed by atoms with E-state index in [2.05, 4.69) is 20.6 Å². The van der Waals surface area contributed by atoms with E-state index < -0.39 is 0 Å². The molecule has 0 saturated carbocycles. The Labute approximate surface area is 154 Å². The van der Waals surface area contributed by atoms with Gasteiger partial charge in [0.15, 0.2) is 0 Å². The van der Waals surface area contributed by atoms with Gasteiger partial charge in [0.05, 0.1) is 12.2 Å². The molecule has 0 aliphatic heterocycles. The number of urea groups is 1. The van der Waals surface area contributed by atoms with Crippen molar-refractivity contribution < 1.29 is 4.79 Å². The second kappa shape index (κ2) is 7.33. The van der Waals surface area contributed by atoms with E-state index in [1.165, 1.54) is 0 Å². The first-order valence-corrected chi connectivity index (χ1v) is 8.99. The Balaban J connectivity index is 1.41. The SMILES string of the molecule is O=C(NCc1cnc(-c2ccccc2)s1)Nc1cccc2cnccc12. The summed E-state index contributed by atoms with van der Waals surface area (Å²) in [5.74, 6) is 0. The van der Waals surface area contributed by atoms with E-state index in [4.69, 9.17) is 0 Å². The van der Waals surface area contributed by atoms with Crippen LogP contribution >= 0.6 is 11.3 Å². The van der Waals surface area contributed by atoms with Gasteiger partial charge in [-0.05, 0) is 12.1 Å². The highest BCUT2D eigenvalue weighted by Crippen LogP contribution is 2.25. The maximum atomic E-state index is 12.3. The molecule has 0 fully saturated rings. The highest BCUT2D eigenvalue weighted by Gasteiger charge is 2.08. The summed E-state index contributed by atoms with van der Waals surface area (Å²) >= 11 is 1.57. The quantitative estimate of drug-likeness (QED) is 0.555. The average Bonchev–Trinajstić information content (AvgIpc) is 3.17. The maximum Gasteiger partial charge on any atom is 0.319 e. The molecule has 2 amide bonds. The lowest BCUT2D eigenvalue weighted by Gasteiger charge is -2.09. The fourth-order valence-corrected chi connectivity index (χ4v) is 3.53. The van der Waals surface area contributed by atoms with Gasteiger partial charge in [-0.15, -0.1) is 11.3 Å². The molecular weight excluding hydrogens is 344 g/mol. The molecule has 2 N–H and O–H groups in total. The van der Waals surface area contributed by atoms with Crippen molar-refractivity contribution in [3.63, 3.8) is 0 Å². The molecule has 0 spiro atoms. The van der Waals surface area contributed by atoms with Crippen LogP contribution in [0.5, 0.6) is 0 Å². The van der Waals surface area contributed by atoms with Crippen LogP contribution in [0.4, 0.5) is 10.5 Å². The van der Waals surface area contributed by atoms with Crippen molar-refractivity contribution in [1.82, 2.24) is 15.3 Å². The molecule has 0 saturated heterocycles. The third kappa shape index (κ3) is 3.55. The highest BCUT2D eigenvalue weighted by molar-refractivity contribution is 7.15. The number of thiazole rings is 1. The fourth-order valence-electron chi connectivity index (χ4n) is 2.67. The molecule has 4 aromatic rings. The first kappa shape index (κ1) is 16.2. The van der Waals surface area contributed by atoms with Gasteiger partial charge in [-0.1, -0.05) is 42.5 Å². The predicted molar refractivity (Wildman–Crippen MR) is 105 cm³/mol. The minimum atomic E-state index is -0.246. The van der Waals surface area contributed by atoms with E-state index in [0.29, 0.717) is 6.54 Å². The van der Waals surface area contributed by atoms with E-state index in [1.54, 1.807) is 29.9 Å². The second-order valence-electron chi connectivity index (χ2n) is 5.71. The summed E-state index contributed by atoms with van der Waals surface area (Å²) in [5, 5.41) is 8.68. The molecule has 0 unspecified atom stereocenters. The molecule has 2 aromatic carbocycles. The summed E-state index contributed by atoms with van der Waals surface area (Å²) in [7, 11) is 0.